The predicted octanol–water partition coefficient (Wildman–Crippen LogP) is 3.30. The molecule has 1 aromatic rings. The monoisotopic (exact) mass is 360 g/mol. The highest BCUT2D eigenvalue weighted by molar-refractivity contribution is 5.82. The summed E-state index contributed by atoms with van der Waals surface area (Å²) in [5, 5.41) is 0. The number of hydrogen-bond donors (Lipinski definition) is 0. The third-order valence-electron chi connectivity index (χ3n) is 4.97. The Morgan fingerprint density at radius 3 is 2.23 bits per heavy atom. The molecule has 0 spiro atoms. The standard InChI is InChI=1S/C21H32N2O3/c1-6-16(2)17-9-7-8-10-18(17)26-15-19(24)22-11-13-23(14-12-22)20(25)21(3,4)5/h7-10,16H,6,11-15H2,1-5H3. The summed E-state index contributed by atoms with van der Waals surface area (Å²) in [6, 6.07) is 7.92. The van der Waals surface area contributed by atoms with Crippen molar-refractivity contribution >= 4 is 11.8 Å². The van der Waals surface area contributed by atoms with E-state index in [4.69, 9.17) is 4.74 Å². The number of carbonyl (C=O) groups is 2. The molecule has 1 aliphatic heterocycles. The number of amides is 2. The smallest absolute Gasteiger partial charge is 0.260 e. The van der Waals surface area contributed by atoms with Crippen LogP contribution in [0.2, 0.25) is 0 Å². The minimum Gasteiger partial charge on any atom is -0.483 e. The van der Waals surface area contributed by atoms with Crippen molar-refractivity contribution < 1.29 is 14.3 Å². The SMILES string of the molecule is CCC(C)c1ccccc1OCC(=O)N1CCN(C(=O)C(C)(C)C)CC1. The fourth-order valence-corrected chi connectivity index (χ4v) is 3.10. The quantitative estimate of drug-likeness (QED) is 0.809. The molecule has 144 valence electrons. The highest BCUT2D eigenvalue weighted by Gasteiger charge is 2.30. The van der Waals surface area contributed by atoms with Crippen LogP contribution in [0, 0.1) is 5.41 Å². The van der Waals surface area contributed by atoms with Crippen molar-refractivity contribution in [3.8, 4) is 5.75 Å². The van der Waals surface area contributed by atoms with E-state index in [0.29, 0.717) is 32.1 Å². The van der Waals surface area contributed by atoms with Gasteiger partial charge < -0.3 is 14.5 Å². The van der Waals surface area contributed by atoms with Gasteiger partial charge in [-0.05, 0) is 24.0 Å². The first-order valence-corrected chi connectivity index (χ1v) is 9.53. The van der Waals surface area contributed by atoms with E-state index < -0.39 is 0 Å². The van der Waals surface area contributed by atoms with Crippen LogP contribution in [0.4, 0.5) is 0 Å². The normalized spacial score (nSPS) is 16.3. The first kappa shape index (κ1) is 20.3. The first-order valence-electron chi connectivity index (χ1n) is 9.53. The molecule has 1 aromatic carbocycles. The number of ether oxygens (including phenoxy) is 1. The van der Waals surface area contributed by atoms with Gasteiger partial charge in [-0.3, -0.25) is 9.59 Å². The van der Waals surface area contributed by atoms with E-state index in [1.165, 1.54) is 0 Å². The van der Waals surface area contributed by atoms with E-state index in [0.717, 1.165) is 17.7 Å². The van der Waals surface area contributed by atoms with Gasteiger partial charge in [0.25, 0.3) is 5.91 Å². The molecule has 1 unspecified atom stereocenters. The van der Waals surface area contributed by atoms with E-state index in [1.807, 2.05) is 43.9 Å². The molecule has 1 fully saturated rings. The zero-order valence-electron chi connectivity index (χ0n) is 16.7. The zero-order chi connectivity index (χ0) is 19.3. The molecule has 0 N–H and O–H groups in total. The average Bonchev–Trinajstić information content (AvgIpc) is 2.64. The second-order valence-electron chi connectivity index (χ2n) is 8.06. The van der Waals surface area contributed by atoms with E-state index in [2.05, 4.69) is 19.9 Å². The molecule has 1 aliphatic rings. The van der Waals surface area contributed by atoms with Crippen molar-refractivity contribution in [1.82, 2.24) is 9.80 Å². The van der Waals surface area contributed by atoms with Gasteiger partial charge in [-0.25, -0.2) is 0 Å². The van der Waals surface area contributed by atoms with Crippen LogP contribution in [-0.4, -0.2) is 54.4 Å². The minimum absolute atomic E-state index is 0.0215. The Morgan fingerprint density at radius 1 is 1.08 bits per heavy atom. The number of carbonyl (C=O) groups excluding carboxylic acids is 2. The van der Waals surface area contributed by atoms with Crippen LogP contribution in [0.1, 0.15) is 52.5 Å². The van der Waals surface area contributed by atoms with Crippen LogP contribution >= 0.6 is 0 Å². The van der Waals surface area contributed by atoms with Gasteiger partial charge >= 0.3 is 0 Å². The number of nitrogens with zero attached hydrogens (tertiary/aromatic N) is 2. The van der Waals surface area contributed by atoms with Gasteiger partial charge in [-0.1, -0.05) is 52.8 Å². The van der Waals surface area contributed by atoms with E-state index >= 15 is 0 Å². The summed E-state index contributed by atoms with van der Waals surface area (Å²) < 4.78 is 5.83. The Labute approximate surface area is 157 Å². The first-order chi connectivity index (χ1) is 12.2. The van der Waals surface area contributed by atoms with Crippen molar-refractivity contribution in [1.29, 1.82) is 0 Å². The van der Waals surface area contributed by atoms with Gasteiger partial charge in [0.05, 0.1) is 0 Å². The maximum absolute atomic E-state index is 12.5. The highest BCUT2D eigenvalue weighted by Crippen LogP contribution is 2.28. The fourth-order valence-electron chi connectivity index (χ4n) is 3.10. The molecule has 0 aromatic heterocycles. The predicted molar refractivity (Wildman–Crippen MR) is 103 cm³/mol. The summed E-state index contributed by atoms with van der Waals surface area (Å²) >= 11 is 0. The van der Waals surface area contributed by atoms with Crippen molar-refractivity contribution in [3.63, 3.8) is 0 Å². The zero-order valence-corrected chi connectivity index (χ0v) is 16.7. The Balaban J connectivity index is 1.88. The summed E-state index contributed by atoms with van der Waals surface area (Å²) in [6.45, 7) is 12.4. The van der Waals surface area contributed by atoms with Crippen LogP contribution in [-0.2, 0) is 9.59 Å². The molecule has 1 saturated heterocycles. The Morgan fingerprint density at radius 2 is 1.65 bits per heavy atom. The molecule has 5 heteroatoms. The molecule has 5 nitrogen and oxygen atoms in total. The van der Waals surface area contributed by atoms with Crippen LogP contribution in [0.5, 0.6) is 5.75 Å². The number of para-hydroxylation sites is 1. The molecule has 26 heavy (non-hydrogen) atoms. The maximum atomic E-state index is 12.5. The number of rotatable bonds is 5. The van der Waals surface area contributed by atoms with Gasteiger partial charge in [0.1, 0.15) is 5.75 Å². The summed E-state index contributed by atoms with van der Waals surface area (Å²) in [6.07, 6.45) is 1.03. The van der Waals surface area contributed by atoms with E-state index in [9.17, 15) is 9.59 Å². The highest BCUT2D eigenvalue weighted by atomic mass is 16.5. The van der Waals surface area contributed by atoms with Crippen molar-refractivity contribution in [3.05, 3.63) is 29.8 Å². The summed E-state index contributed by atoms with van der Waals surface area (Å²) in [7, 11) is 0. The van der Waals surface area contributed by atoms with Crippen molar-refractivity contribution in [2.75, 3.05) is 32.8 Å². The number of benzene rings is 1. The fraction of sp³-hybridized carbons (Fsp3) is 0.619. The molecule has 0 bridgehead atoms. The third kappa shape index (κ3) is 4.99. The van der Waals surface area contributed by atoms with Crippen LogP contribution < -0.4 is 4.74 Å². The van der Waals surface area contributed by atoms with E-state index in [1.54, 1.807) is 4.90 Å². The lowest BCUT2D eigenvalue weighted by molar-refractivity contribution is -0.145. The number of piperazine rings is 1. The Bertz CT molecular complexity index is 628. The molecule has 2 rings (SSSR count). The molecule has 1 atom stereocenters. The van der Waals surface area contributed by atoms with Gasteiger partial charge in [-0.15, -0.1) is 0 Å². The van der Waals surface area contributed by atoms with Crippen LogP contribution in [0.15, 0.2) is 24.3 Å². The summed E-state index contributed by atoms with van der Waals surface area (Å²) in [4.78, 5) is 28.5. The topological polar surface area (TPSA) is 49.9 Å². The Hall–Kier alpha value is -2.04. The maximum Gasteiger partial charge on any atom is 0.260 e. The third-order valence-corrected chi connectivity index (χ3v) is 4.97. The largest absolute Gasteiger partial charge is 0.483 e. The van der Waals surface area contributed by atoms with Gasteiger partial charge in [0.2, 0.25) is 5.91 Å². The second-order valence-corrected chi connectivity index (χ2v) is 8.06. The molecule has 2 amide bonds. The van der Waals surface area contributed by atoms with E-state index in [-0.39, 0.29) is 23.8 Å². The Kier molecular flexibility index (Phi) is 6.68. The number of hydrogen-bond acceptors (Lipinski definition) is 3. The van der Waals surface area contributed by atoms with Crippen molar-refractivity contribution in [2.24, 2.45) is 5.41 Å². The van der Waals surface area contributed by atoms with Gasteiger partial charge in [0.15, 0.2) is 6.61 Å². The lowest BCUT2D eigenvalue weighted by Gasteiger charge is -2.37. The molecule has 0 aliphatic carbocycles. The summed E-state index contributed by atoms with van der Waals surface area (Å²) in [5.74, 6) is 1.31. The molecular formula is C21H32N2O3. The lowest BCUT2D eigenvalue weighted by Crippen LogP contribution is -2.53. The average molecular weight is 360 g/mol. The summed E-state index contributed by atoms with van der Waals surface area (Å²) in [5.41, 5.74) is 0.762. The lowest BCUT2D eigenvalue weighted by atomic mass is 9.94. The van der Waals surface area contributed by atoms with Crippen LogP contribution in [0.3, 0.4) is 0 Å². The van der Waals surface area contributed by atoms with Gasteiger partial charge in [0, 0.05) is 31.6 Å². The second kappa shape index (κ2) is 8.56. The molecule has 0 saturated carbocycles. The minimum atomic E-state index is -0.380. The van der Waals surface area contributed by atoms with Crippen molar-refractivity contribution in [2.45, 2.75) is 47.0 Å². The molecular weight excluding hydrogens is 328 g/mol. The molecule has 0 radical (unpaired) electrons. The molecule has 1 heterocycles. The van der Waals surface area contributed by atoms with Gasteiger partial charge in [-0.2, -0.15) is 0 Å². The van der Waals surface area contributed by atoms with Crippen LogP contribution in [0.25, 0.3) is 0 Å².